The van der Waals surface area contributed by atoms with E-state index in [0.717, 1.165) is 6.07 Å². The molecule has 1 rings (SSSR count). The Labute approximate surface area is 82.3 Å². The van der Waals surface area contributed by atoms with Gasteiger partial charge in [0.25, 0.3) is 0 Å². The summed E-state index contributed by atoms with van der Waals surface area (Å²) in [6.45, 7) is 3.75. The Morgan fingerprint density at radius 1 is 1.43 bits per heavy atom. The first-order valence-electron chi connectivity index (χ1n) is 4.35. The topological polar surface area (TPSA) is 49.7 Å². The summed E-state index contributed by atoms with van der Waals surface area (Å²) in [7, 11) is -1.72. The first-order valence-corrected chi connectivity index (χ1v) is 4.35. The fourth-order valence-electron chi connectivity index (χ4n) is 1.15. The molecule has 0 saturated carbocycles. The summed E-state index contributed by atoms with van der Waals surface area (Å²) >= 11 is 0. The van der Waals surface area contributed by atoms with Crippen molar-refractivity contribution in [3.8, 4) is 5.75 Å². The fourth-order valence-corrected chi connectivity index (χ4v) is 1.15. The van der Waals surface area contributed by atoms with Crippen molar-refractivity contribution >= 4 is 12.6 Å². The Bertz CT molecular complexity index is 328. The molecule has 0 atom stereocenters. The monoisotopic (exact) mass is 198 g/mol. The van der Waals surface area contributed by atoms with Gasteiger partial charge in [0.05, 0.1) is 6.61 Å². The van der Waals surface area contributed by atoms with E-state index in [9.17, 15) is 4.39 Å². The number of hydrogen-bond acceptors (Lipinski definition) is 3. The molecule has 0 aliphatic heterocycles. The van der Waals surface area contributed by atoms with Gasteiger partial charge in [-0.2, -0.15) is 0 Å². The van der Waals surface area contributed by atoms with Crippen LogP contribution in [0, 0.1) is 12.7 Å². The van der Waals surface area contributed by atoms with Gasteiger partial charge in [-0.3, -0.25) is 0 Å². The van der Waals surface area contributed by atoms with Crippen LogP contribution in [-0.2, 0) is 0 Å². The lowest BCUT2D eigenvalue weighted by atomic mass is 9.79. The van der Waals surface area contributed by atoms with E-state index >= 15 is 0 Å². The normalized spacial score (nSPS) is 10.1. The summed E-state index contributed by atoms with van der Waals surface area (Å²) in [4.78, 5) is 0. The average Bonchev–Trinajstić information content (AvgIpc) is 2.11. The first-order chi connectivity index (χ1) is 6.56. The zero-order chi connectivity index (χ0) is 10.7. The SMILES string of the molecule is CCOc1cc(C)c(F)cc1B(O)O. The molecule has 0 aliphatic rings. The number of hydrogen-bond donors (Lipinski definition) is 2. The maximum atomic E-state index is 13.1. The van der Waals surface area contributed by atoms with Crippen molar-refractivity contribution in [2.75, 3.05) is 6.61 Å². The zero-order valence-electron chi connectivity index (χ0n) is 8.12. The van der Waals surface area contributed by atoms with E-state index in [1.54, 1.807) is 13.8 Å². The predicted octanol–water partition coefficient (Wildman–Crippen LogP) is 0.213. The third kappa shape index (κ3) is 2.24. The minimum absolute atomic E-state index is 0.0509. The van der Waals surface area contributed by atoms with E-state index in [2.05, 4.69) is 0 Å². The van der Waals surface area contributed by atoms with Crippen molar-refractivity contribution in [1.82, 2.24) is 0 Å². The summed E-state index contributed by atoms with van der Waals surface area (Å²) < 4.78 is 18.2. The van der Waals surface area contributed by atoms with Gasteiger partial charge >= 0.3 is 7.12 Å². The highest BCUT2D eigenvalue weighted by molar-refractivity contribution is 6.59. The van der Waals surface area contributed by atoms with Gasteiger partial charge in [-0.25, -0.2) is 4.39 Å². The summed E-state index contributed by atoms with van der Waals surface area (Å²) in [6, 6.07) is 2.53. The van der Waals surface area contributed by atoms with E-state index in [1.807, 2.05) is 0 Å². The van der Waals surface area contributed by atoms with Gasteiger partial charge in [0.1, 0.15) is 11.6 Å². The molecule has 0 unspecified atom stereocenters. The van der Waals surface area contributed by atoms with Gasteiger partial charge in [0.15, 0.2) is 0 Å². The molecule has 0 fully saturated rings. The maximum Gasteiger partial charge on any atom is 0.492 e. The van der Waals surface area contributed by atoms with E-state index in [4.69, 9.17) is 14.8 Å². The molecule has 0 spiro atoms. The second-order valence-corrected chi connectivity index (χ2v) is 2.95. The second kappa shape index (κ2) is 4.44. The van der Waals surface area contributed by atoms with E-state index in [0.29, 0.717) is 17.9 Å². The van der Waals surface area contributed by atoms with E-state index < -0.39 is 12.9 Å². The van der Waals surface area contributed by atoms with E-state index in [-0.39, 0.29) is 5.46 Å². The molecule has 0 radical (unpaired) electrons. The lowest BCUT2D eigenvalue weighted by Gasteiger charge is -2.10. The van der Waals surface area contributed by atoms with Gasteiger partial charge < -0.3 is 14.8 Å². The van der Waals surface area contributed by atoms with Crippen LogP contribution in [0.5, 0.6) is 5.75 Å². The summed E-state index contributed by atoms with van der Waals surface area (Å²) in [5.41, 5.74) is 0.466. The highest BCUT2D eigenvalue weighted by atomic mass is 19.1. The van der Waals surface area contributed by atoms with Crippen LogP contribution in [0.1, 0.15) is 12.5 Å². The van der Waals surface area contributed by atoms with Crippen LogP contribution in [0.25, 0.3) is 0 Å². The van der Waals surface area contributed by atoms with Crippen LogP contribution in [0.2, 0.25) is 0 Å². The molecule has 0 bridgehead atoms. The first kappa shape index (κ1) is 11.0. The van der Waals surface area contributed by atoms with Gasteiger partial charge in [-0.05, 0) is 31.5 Å². The van der Waals surface area contributed by atoms with Crippen molar-refractivity contribution < 1.29 is 19.2 Å². The molecule has 76 valence electrons. The van der Waals surface area contributed by atoms with Crippen molar-refractivity contribution in [2.45, 2.75) is 13.8 Å². The third-order valence-electron chi connectivity index (χ3n) is 1.87. The van der Waals surface area contributed by atoms with Gasteiger partial charge in [-0.1, -0.05) is 0 Å². The number of rotatable bonds is 3. The van der Waals surface area contributed by atoms with Crippen LogP contribution in [0.3, 0.4) is 0 Å². The third-order valence-corrected chi connectivity index (χ3v) is 1.87. The van der Waals surface area contributed by atoms with Gasteiger partial charge in [0, 0.05) is 5.46 Å². The lowest BCUT2D eigenvalue weighted by molar-refractivity contribution is 0.339. The zero-order valence-corrected chi connectivity index (χ0v) is 8.12. The lowest BCUT2D eigenvalue weighted by Crippen LogP contribution is -2.32. The van der Waals surface area contributed by atoms with Crippen LogP contribution in [0.4, 0.5) is 4.39 Å². The predicted molar refractivity (Wildman–Crippen MR) is 52.1 cm³/mol. The Kier molecular flexibility index (Phi) is 3.49. The molecular formula is C9H12BFO3. The smallest absolute Gasteiger partial charge is 0.492 e. The molecule has 2 N–H and O–H groups in total. The van der Waals surface area contributed by atoms with Crippen molar-refractivity contribution in [3.05, 3.63) is 23.5 Å². The number of benzene rings is 1. The molecule has 1 aromatic carbocycles. The van der Waals surface area contributed by atoms with Crippen LogP contribution in [-0.4, -0.2) is 23.8 Å². The molecule has 3 nitrogen and oxygen atoms in total. The minimum atomic E-state index is -1.72. The van der Waals surface area contributed by atoms with Gasteiger partial charge in [0.2, 0.25) is 0 Å². The number of ether oxygens (including phenoxy) is 1. The average molecular weight is 198 g/mol. The Hall–Kier alpha value is -1.07. The van der Waals surface area contributed by atoms with Crippen LogP contribution in [0.15, 0.2) is 12.1 Å². The maximum absolute atomic E-state index is 13.1. The van der Waals surface area contributed by atoms with Crippen molar-refractivity contribution in [3.63, 3.8) is 0 Å². The largest absolute Gasteiger partial charge is 0.494 e. The molecule has 1 aromatic rings. The summed E-state index contributed by atoms with van der Waals surface area (Å²) in [6.07, 6.45) is 0. The van der Waals surface area contributed by atoms with Crippen molar-refractivity contribution in [2.24, 2.45) is 0 Å². The van der Waals surface area contributed by atoms with Crippen LogP contribution < -0.4 is 10.2 Å². The molecular weight excluding hydrogens is 186 g/mol. The Morgan fingerprint density at radius 2 is 2.07 bits per heavy atom. The fraction of sp³-hybridized carbons (Fsp3) is 0.333. The highest BCUT2D eigenvalue weighted by Crippen LogP contribution is 2.14. The summed E-state index contributed by atoms with van der Waals surface area (Å²) in [5, 5.41) is 17.9. The molecule has 14 heavy (non-hydrogen) atoms. The van der Waals surface area contributed by atoms with Crippen LogP contribution >= 0.6 is 0 Å². The summed E-state index contributed by atoms with van der Waals surface area (Å²) in [5.74, 6) is -0.169. The van der Waals surface area contributed by atoms with E-state index in [1.165, 1.54) is 6.07 Å². The highest BCUT2D eigenvalue weighted by Gasteiger charge is 2.19. The Balaban J connectivity index is 3.17. The molecule has 0 aliphatic carbocycles. The molecule has 0 heterocycles. The molecule has 0 amide bonds. The molecule has 0 saturated heterocycles. The minimum Gasteiger partial charge on any atom is -0.494 e. The standard InChI is InChI=1S/C9H12BFO3/c1-3-14-9-4-6(2)8(11)5-7(9)10(12)13/h4-5,12-13H,3H2,1-2H3. The quantitative estimate of drug-likeness (QED) is 0.682. The number of halogens is 1. The molecule has 0 aromatic heterocycles. The number of aryl methyl sites for hydroxylation is 1. The second-order valence-electron chi connectivity index (χ2n) is 2.95. The van der Waals surface area contributed by atoms with Gasteiger partial charge in [-0.15, -0.1) is 0 Å². The molecule has 5 heteroatoms. The van der Waals surface area contributed by atoms with Crippen molar-refractivity contribution in [1.29, 1.82) is 0 Å². The Morgan fingerprint density at radius 3 is 2.57 bits per heavy atom.